The third kappa shape index (κ3) is 1.70. The van der Waals surface area contributed by atoms with Gasteiger partial charge in [0.25, 0.3) is 0 Å². The summed E-state index contributed by atoms with van der Waals surface area (Å²) in [7, 11) is 0. The molecule has 66 valence electrons. The van der Waals surface area contributed by atoms with E-state index in [1.165, 1.54) is 17.5 Å². The Labute approximate surface area is 83.9 Å². The molecule has 1 aromatic rings. The summed E-state index contributed by atoms with van der Waals surface area (Å²) < 4.78 is 0. The van der Waals surface area contributed by atoms with Crippen molar-refractivity contribution in [3.63, 3.8) is 0 Å². The van der Waals surface area contributed by atoms with Crippen LogP contribution in [-0.2, 0) is 6.42 Å². The predicted octanol–water partition coefficient (Wildman–Crippen LogP) is 2.47. The number of fused-ring (bicyclic) bond motifs is 1. The molecule has 0 saturated heterocycles. The van der Waals surface area contributed by atoms with E-state index in [1.54, 1.807) is 0 Å². The second-order valence-corrected chi connectivity index (χ2v) is 3.12. The lowest BCUT2D eigenvalue weighted by Gasteiger charge is -2.23. The van der Waals surface area contributed by atoms with Gasteiger partial charge in [-0.15, -0.1) is 17.0 Å². The fourth-order valence-electron chi connectivity index (χ4n) is 1.72. The average molecular weight is 228 g/mol. The maximum atomic E-state index is 3.44. The zero-order chi connectivity index (χ0) is 7.68. The van der Waals surface area contributed by atoms with Crippen LogP contribution in [0.25, 0.3) is 0 Å². The van der Waals surface area contributed by atoms with Crippen LogP contribution in [0.15, 0.2) is 24.3 Å². The summed E-state index contributed by atoms with van der Waals surface area (Å²) in [5.74, 6) is 0. The van der Waals surface area contributed by atoms with E-state index in [2.05, 4.69) is 36.5 Å². The standard InChI is InChI=1S/C10H13N.BrH/c1-8-10-5-3-2-4-9(10)6-7-11-8;/h2-5,8,11H,6-7H2,1H3;1H. The maximum Gasteiger partial charge on any atom is 0.0294 e. The fraction of sp³-hybridized carbons (Fsp3) is 0.400. The Hall–Kier alpha value is -0.340. The predicted molar refractivity (Wildman–Crippen MR) is 56.9 cm³/mol. The van der Waals surface area contributed by atoms with Crippen molar-refractivity contribution in [1.82, 2.24) is 5.32 Å². The quantitative estimate of drug-likeness (QED) is 0.719. The van der Waals surface area contributed by atoms with Crippen molar-refractivity contribution in [3.8, 4) is 0 Å². The monoisotopic (exact) mass is 227 g/mol. The van der Waals surface area contributed by atoms with Crippen molar-refractivity contribution in [1.29, 1.82) is 0 Å². The summed E-state index contributed by atoms with van der Waals surface area (Å²) >= 11 is 0. The maximum absolute atomic E-state index is 3.44. The van der Waals surface area contributed by atoms with E-state index in [0.717, 1.165) is 6.54 Å². The SMILES string of the molecule is Br.CC1NCCc2ccccc21. The molecule has 1 aromatic carbocycles. The van der Waals surface area contributed by atoms with Crippen LogP contribution in [-0.4, -0.2) is 6.54 Å². The molecule has 0 bridgehead atoms. The highest BCUT2D eigenvalue weighted by Crippen LogP contribution is 2.21. The van der Waals surface area contributed by atoms with Gasteiger partial charge in [0.15, 0.2) is 0 Å². The molecule has 0 radical (unpaired) electrons. The summed E-state index contributed by atoms with van der Waals surface area (Å²) in [6.45, 7) is 3.34. The molecule has 1 N–H and O–H groups in total. The van der Waals surface area contributed by atoms with Crippen molar-refractivity contribution in [2.45, 2.75) is 19.4 Å². The second-order valence-electron chi connectivity index (χ2n) is 3.12. The van der Waals surface area contributed by atoms with E-state index in [-0.39, 0.29) is 17.0 Å². The van der Waals surface area contributed by atoms with Crippen LogP contribution in [0, 0.1) is 0 Å². The Bertz CT molecular complexity index is 260. The first-order valence-electron chi connectivity index (χ1n) is 4.19. The lowest BCUT2D eigenvalue weighted by molar-refractivity contribution is 0.541. The molecule has 1 nitrogen and oxygen atoms in total. The molecule has 0 fully saturated rings. The van der Waals surface area contributed by atoms with Crippen LogP contribution >= 0.6 is 17.0 Å². The van der Waals surface area contributed by atoms with Gasteiger partial charge in [0.05, 0.1) is 0 Å². The van der Waals surface area contributed by atoms with Crippen molar-refractivity contribution >= 4 is 17.0 Å². The lowest BCUT2D eigenvalue weighted by Crippen LogP contribution is -2.27. The van der Waals surface area contributed by atoms with E-state index >= 15 is 0 Å². The molecule has 1 atom stereocenters. The average Bonchev–Trinajstić information content (AvgIpc) is 2.06. The largest absolute Gasteiger partial charge is 0.310 e. The molecule has 0 aliphatic carbocycles. The van der Waals surface area contributed by atoms with Gasteiger partial charge in [-0.2, -0.15) is 0 Å². The van der Waals surface area contributed by atoms with Gasteiger partial charge in [-0.3, -0.25) is 0 Å². The number of halogens is 1. The molecule has 1 aliphatic rings. The van der Waals surface area contributed by atoms with Crippen LogP contribution < -0.4 is 5.32 Å². The minimum absolute atomic E-state index is 0. The summed E-state index contributed by atoms with van der Waals surface area (Å²) in [6.07, 6.45) is 1.18. The van der Waals surface area contributed by atoms with Gasteiger partial charge in [0.2, 0.25) is 0 Å². The molecule has 0 aromatic heterocycles. The third-order valence-electron chi connectivity index (χ3n) is 2.37. The zero-order valence-electron chi connectivity index (χ0n) is 7.21. The fourth-order valence-corrected chi connectivity index (χ4v) is 1.72. The molecule has 1 unspecified atom stereocenters. The lowest BCUT2D eigenvalue weighted by atomic mass is 9.96. The zero-order valence-corrected chi connectivity index (χ0v) is 8.92. The molecule has 1 heterocycles. The molecular weight excluding hydrogens is 214 g/mol. The highest BCUT2D eigenvalue weighted by atomic mass is 79.9. The third-order valence-corrected chi connectivity index (χ3v) is 2.37. The summed E-state index contributed by atoms with van der Waals surface area (Å²) in [5, 5.41) is 3.44. The summed E-state index contributed by atoms with van der Waals surface area (Å²) in [6, 6.07) is 9.22. The Balaban J connectivity index is 0.000000720. The van der Waals surface area contributed by atoms with Crippen molar-refractivity contribution in [2.24, 2.45) is 0 Å². The van der Waals surface area contributed by atoms with E-state index < -0.39 is 0 Å². The van der Waals surface area contributed by atoms with E-state index in [4.69, 9.17) is 0 Å². The number of nitrogens with one attached hydrogen (secondary N) is 1. The van der Waals surface area contributed by atoms with Crippen molar-refractivity contribution in [2.75, 3.05) is 6.54 Å². The minimum atomic E-state index is 0. The van der Waals surface area contributed by atoms with Crippen molar-refractivity contribution in [3.05, 3.63) is 35.4 Å². The Kier molecular flexibility index (Phi) is 3.29. The van der Waals surface area contributed by atoms with Gasteiger partial charge in [0.1, 0.15) is 0 Å². The molecule has 12 heavy (non-hydrogen) atoms. The molecule has 2 rings (SSSR count). The molecule has 0 spiro atoms. The van der Waals surface area contributed by atoms with Gasteiger partial charge in [0, 0.05) is 6.04 Å². The molecule has 1 aliphatic heterocycles. The van der Waals surface area contributed by atoms with E-state index in [1.807, 2.05) is 0 Å². The topological polar surface area (TPSA) is 12.0 Å². The van der Waals surface area contributed by atoms with Crippen LogP contribution in [0.3, 0.4) is 0 Å². The molecule has 0 amide bonds. The first-order valence-corrected chi connectivity index (χ1v) is 4.19. The van der Waals surface area contributed by atoms with Crippen LogP contribution in [0.5, 0.6) is 0 Å². The summed E-state index contributed by atoms with van der Waals surface area (Å²) in [4.78, 5) is 0. The number of hydrogen-bond donors (Lipinski definition) is 1. The van der Waals surface area contributed by atoms with Crippen molar-refractivity contribution < 1.29 is 0 Å². The first-order chi connectivity index (χ1) is 5.38. The second kappa shape index (κ2) is 4.06. The van der Waals surface area contributed by atoms with Crippen LogP contribution in [0.4, 0.5) is 0 Å². The van der Waals surface area contributed by atoms with Gasteiger partial charge < -0.3 is 5.32 Å². The molecule has 2 heteroatoms. The highest BCUT2D eigenvalue weighted by Gasteiger charge is 2.13. The van der Waals surface area contributed by atoms with E-state index in [9.17, 15) is 0 Å². The Morgan fingerprint density at radius 2 is 2.08 bits per heavy atom. The van der Waals surface area contributed by atoms with Gasteiger partial charge in [-0.1, -0.05) is 24.3 Å². The van der Waals surface area contributed by atoms with E-state index in [0.29, 0.717) is 6.04 Å². The van der Waals surface area contributed by atoms with Gasteiger partial charge >= 0.3 is 0 Å². The minimum Gasteiger partial charge on any atom is -0.310 e. The van der Waals surface area contributed by atoms with Gasteiger partial charge in [-0.05, 0) is 31.0 Å². The normalized spacial score (nSPS) is 20.9. The smallest absolute Gasteiger partial charge is 0.0294 e. The van der Waals surface area contributed by atoms with Crippen LogP contribution in [0.2, 0.25) is 0 Å². The molecule has 0 saturated carbocycles. The summed E-state index contributed by atoms with van der Waals surface area (Å²) in [5.41, 5.74) is 2.98. The van der Waals surface area contributed by atoms with Gasteiger partial charge in [-0.25, -0.2) is 0 Å². The highest BCUT2D eigenvalue weighted by molar-refractivity contribution is 8.93. The Morgan fingerprint density at radius 1 is 1.33 bits per heavy atom. The molecular formula is C10H14BrN. The number of benzene rings is 1. The van der Waals surface area contributed by atoms with Crippen LogP contribution in [0.1, 0.15) is 24.1 Å². The Morgan fingerprint density at radius 3 is 2.83 bits per heavy atom. The number of hydrogen-bond acceptors (Lipinski definition) is 1. The first kappa shape index (κ1) is 9.75. The number of rotatable bonds is 0.